The third kappa shape index (κ3) is 4.44. The largest absolute Gasteiger partial charge is 0.392 e. The van der Waals surface area contributed by atoms with Crippen molar-refractivity contribution in [1.82, 2.24) is 10.2 Å². The minimum absolute atomic E-state index is 0.0530. The van der Waals surface area contributed by atoms with Crippen molar-refractivity contribution in [2.45, 2.75) is 18.9 Å². The Kier molecular flexibility index (Phi) is 5.19. The summed E-state index contributed by atoms with van der Waals surface area (Å²) in [4.78, 5) is 14.5. The van der Waals surface area contributed by atoms with Gasteiger partial charge in [0.1, 0.15) is 11.6 Å². The van der Waals surface area contributed by atoms with Crippen LogP contribution in [0.1, 0.15) is 23.2 Å². The van der Waals surface area contributed by atoms with Crippen LogP contribution >= 0.6 is 12.2 Å². The number of piperidine rings is 1. The van der Waals surface area contributed by atoms with Crippen molar-refractivity contribution >= 4 is 23.1 Å². The van der Waals surface area contributed by atoms with Crippen LogP contribution in [0.5, 0.6) is 0 Å². The predicted octanol–water partition coefficient (Wildman–Crippen LogP) is 1.45. The Morgan fingerprint density at radius 2 is 2.05 bits per heavy atom. The summed E-state index contributed by atoms with van der Waals surface area (Å²) in [6.45, 7) is 2.08. The highest BCUT2D eigenvalue weighted by Gasteiger charge is 2.22. The van der Waals surface area contributed by atoms with Gasteiger partial charge in [0.25, 0.3) is 5.91 Å². The summed E-state index contributed by atoms with van der Waals surface area (Å²) in [5.74, 6) is -1.94. The van der Waals surface area contributed by atoms with E-state index in [-0.39, 0.29) is 11.6 Å². The summed E-state index contributed by atoms with van der Waals surface area (Å²) in [5, 5.41) is 2.74. The first-order chi connectivity index (χ1) is 9.95. The van der Waals surface area contributed by atoms with Gasteiger partial charge in [0.05, 0.1) is 10.6 Å². The average molecular weight is 313 g/mol. The number of carbonyl (C=O) groups excluding carboxylic acids is 1. The molecule has 0 unspecified atom stereocenters. The van der Waals surface area contributed by atoms with Crippen molar-refractivity contribution < 1.29 is 13.6 Å². The van der Waals surface area contributed by atoms with Crippen LogP contribution in [-0.4, -0.2) is 41.5 Å². The number of thiocarbonyl (C=S) groups is 1. The van der Waals surface area contributed by atoms with E-state index in [4.69, 9.17) is 18.0 Å². The first-order valence-electron chi connectivity index (χ1n) is 6.72. The third-order valence-electron chi connectivity index (χ3n) is 3.48. The maximum Gasteiger partial charge on any atom is 0.254 e. The fourth-order valence-electron chi connectivity index (χ4n) is 2.39. The molecule has 0 aliphatic carbocycles. The Balaban J connectivity index is 1.90. The van der Waals surface area contributed by atoms with Crippen LogP contribution < -0.4 is 11.1 Å². The molecule has 7 heteroatoms. The van der Waals surface area contributed by atoms with E-state index in [1.54, 1.807) is 0 Å². The Labute approximate surface area is 127 Å². The molecule has 1 fully saturated rings. The molecule has 114 valence electrons. The monoisotopic (exact) mass is 313 g/mol. The molecule has 1 saturated heterocycles. The number of carbonyl (C=O) groups is 1. The van der Waals surface area contributed by atoms with Gasteiger partial charge in [-0.1, -0.05) is 12.2 Å². The lowest BCUT2D eigenvalue weighted by Gasteiger charge is -2.31. The molecule has 1 amide bonds. The summed E-state index contributed by atoms with van der Waals surface area (Å²) in [7, 11) is 0. The molecule has 1 aromatic rings. The van der Waals surface area contributed by atoms with Gasteiger partial charge in [0.15, 0.2) is 0 Å². The molecular formula is C14H17F2N3OS. The zero-order chi connectivity index (χ0) is 15.4. The topological polar surface area (TPSA) is 58.4 Å². The minimum atomic E-state index is -0.722. The molecule has 1 heterocycles. The lowest BCUT2D eigenvalue weighted by molar-refractivity contribution is 0.0910. The molecule has 0 aromatic heterocycles. The maximum absolute atomic E-state index is 13.5. The fraction of sp³-hybridized carbons (Fsp3) is 0.429. The average Bonchev–Trinajstić information content (AvgIpc) is 2.43. The second-order valence-corrected chi connectivity index (χ2v) is 5.64. The van der Waals surface area contributed by atoms with Crippen molar-refractivity contribution in [3.8, 4) is 0 Å². The second kappa shape index (κ2) is 6.91. The van der Waals surface area contributed by atoms with Crippen LogP contribution in [0.15, 0.2) is 18.2 Å². The predicted molar refractivity (Wildman–Crippen MR) is 80.1 cm³/mol. The summed E-state index contributed by atoms with van der Waals surface area (Å²) in [5.41, 5.74) is 5.22. The highest BCUT2D eigenvalue weighted by Crippen LogP contribution is 2.13. The zero-order valence-corrected chi connectivity index (χ0v) is 12.3. The highest BCUT2D eigenvalue weighted by molar-refractivity contribution is 7.80. The van der Waals surface area contributed by atoms with Gasteiger partial charge in [-0.25, -0.2) is 8.78 Å². The molecule has 21 heavy (non-hydrogen) atoms. The number of hydrogen-bond acceptors (Lipinski definition) is 3. The SMILES string of the molecule is NC(=S)CN1CCC(NC(=O)c2cc(F)ccc2F)CC1. The van der Waals surface area contributed by atoms with Crippen molar-refractivity contribution in [2.75, 3.05) is 19.6 Å². The number of nitrogens with one attached hydrogen (secondary N) is 1. The van der Waals surface area contributed by atoms with Crippen LogP contribution in [-0.2, 0) is 0 Å². The van der Waals surface area contributed by atoms with Gasteiger partial charge in [-0.15, -0.1) is 0 Å². The van der Waals surface area contributed by atoms with E-state index in [0.717, 1.165) is 44.1 Å². The third-order valence-corrected chi connectivity index (χ3v) is 3.60. The fourth-order valence-corrected chi connectivity index (χ4v) is 2.57. The summed E-state index contributed by atoms with van der Waals surface area (Å²) >= 11 is 4.86. The molecule has 0 saturated carbocycles. The molecule has 4 nitrogen and oxygen atoms in total. The van der Waals surface area contributed by atoms with Gasteiger partial charge in [-0.3, -0.25) is 9.69 Å². The molecule has 1 aliphatic heterocycles. The first kappa shape index (κ1) is 15.8. The number of nitrogens with zero attached hydrogens (tertiary/aromatic N) is 1. The van der Waals surface area contributed by atoms with Gasteiger partial charge in [-0.05, 0) is 31.0 Å². The summed E-state index contributed by atoms with van der Waals surface area (Å²) in [6.07, 6.45) is 1.45. The molecule has 0 atom stereocenters. The number of likely N-dealkylation sites (tertiary alicyclic amines) is 1. The molecule has 3 N–H and O–H groups in total. The lowest BCUT2D eigenvalue weighted by atomic mass is 10.0. The number of halogens is 2. The summed E-state index contributed by atoms with van der Waals surface area (Å²) < 4.78 is 26.6. The molecule has 1 aromatic carbocycles. The number of rotatable bonds is 4. The highest BCUT2D eigenvalue weighted by atomic mass is 32.1. The van der Waals surface area contributed by atoms with Crippen molar-refractivity contribution in [3.05, 3.63) is 35.4 Å². The lowest BCUT2D eigenvalue weighted by Crippen LogP contribution is -2.46. The Hall–Kier alpha value is -1.60. The quantitative estimate of drug-likeness (QED) is 0.826. The Morgan fingerprint density at radius 1 is 1.38 bits per heavy atom. The normalized spacial score (nSPS) is 16.7. The van der Waals surface area contributed by atoms with E-state index >= 15 is 0 Å². The molecule has 1 aliphatic rings. The Morgan fingerprint density at radius 3 is 2.67 bits per heavy atom. The minimum Gasteiger partial charge on any atom is -0.392 e. The molecular weight excluding hydrogens is 296 g/mol. The van der Waals surface area contributed by atoms with Crippen molar-refractivity contribution in [2.24, 2.45) is 5.73 Å². The van der Waals surface area contributed by atoms with Crippen LogP contribution in [0.2, 0.25) is 0 Å². The standard InChI is InChI=1S/C14H17F2N3OS/c15-9-1-2-12(16)11(7-9)14(20)18-10-3-5-19(6-4-10)8-13(17)21/h1-2,7,10H,3-6,8H2,(H2,17,21)(H,18,20). The number of hydrogen-bond donors (Lipinski definition) is 2. The van der Waals surface area contributed by atoms with E-state index in [0.29, 0.717) is 11.5 Å². The van der Waals surface area contributed by atoms with Gasteiger partial charge in [0.2, 0.25) is 0 Å². The van der Waals surface area contributed by atoms with Crippen LogP contribution in [0, 0.1) is 11.6 Å². The zero-order valence-electron chi connectivity index (χ0n) is 11.4. The van der Waals surface area contributed by atoms with Gasteiger partial charge in [-0.2, -0.15) is 0 Å². The summed E-state index contributed by atoms with van der Waals surface area (Å²) in [6, 6.07) is 2.80. The van der Waals surface area contributed by atoms with Crippen molar-refractivity contribution in [1.29, 1.82) is 0 Å². The van der Waals surface area contributed by atoms with Crippen LogP contribution in [0.4, 0.5) is 8.78 Å². The number of benzene rings is 1. The second-order valence-electron chi connectivity index (χ2n) is 5.11. The number of nitrogens with two attached hydrogens (primary N) is 1. The molecule has 0 radical (unpaired) electrons. The molecule has 2 rings (SSSR count). The maximum atomic E-state index is 13.5. The van der Waals surface area contributed by atoms with Gasteiger partial charge >= 0.3 is 0 Å². The molecule has 0 spiro atoms. The molecule has 0 bridgehead atoms. The number of amides is 1. The van der Waals surface area contributed by atoms with E-state index < -0.39 is 17.5 Å². The van der Waals surface area contributed by atoms with Gasteiger partial charge in [0, 0.05) is 25.7 Å². The van der Waals surface area contributed by atoms with E-state index in [2.05, 4.69) is 10.2 Å². The Bertz CT molecular complexity index is 545. The van der Waals surface area contributed by atoms with E-state index in [9.17, 15) is 13.6 Å². The van der Waals surface area contributed by atoms with Crippen LogP contribution in [0.25, 0.3) is 0 Å². The first-order valence-corrected chi connectivity index (χ1v) is 7.13. The van der Waals surface area contributed by atoms with E-state index in [1.165, 1.54) is 0 Å². The van der Waals surface area contributed by atoms with Crippen LogP contribution in [0.3, 0.4) is 0 Å². The smallest absolute Gasteiger partial charge is 0.254 e. The van der Waals surface area contributed by atoms with Gasteiger partial charge < -0.3 is 11.1 Å². The van der Waals surface area contributed by atoms with E-state index in [1.807, 2.05) is 0 Å². The van der Waals surface area contributed by atoms with Crippen molar-refractivity contribution in [3.63, 3.8) is 0 Å².